The normalized spacial score (nSPS) is 19.3. The number of fused-ring (bicyclic) bond motifs is 1. The zero-order chi connectivity index (χ0) is 17.9. The Balaban J connectivity index is 1.37. The van der Waals surface area contributed by atoms with E-state index in [1.54, 1.807) is 16.2 Å². The SMILES string of the molecule is CN(Cc1nc2c(s1)CCCC2)C(=O)c1ccc(CC2CCNC2)cc1. The van der Waals surface area contributed by atoms with E-state index in [2.05, 4.69) is 17.4 Å². The van der Waals surface area contributed by atoms with Crippen molar-refractivity contribution in [3.63, 3.8) is 0 Å². The molecule has 26 heavy (non-hydrogen) atoms. The standard InChI is InChI=1S/C21H27N3OS/c1-24(14-20-23-18-4-2-3-5-19(18)26-20)21(25)17-8-6-15(7-9-17)12-16-10-11-22-13-16/h6-9,16,22H,2-5,10-14H2,1H3. The van der Waals surface area contributed by atoms with Gasteiger partial charge in [-0.05, 0) is 75.2 Å². The first kappa shape index (κ1) is 17.7. The molecule has 5 heteroatoms. The number of amides is 1. The Morgan fingerprint density at radius 2 is 2.08 bits per heavy atom. The van der Waals surface area contributed by atoms with Crippen molar-refractivity contribution in [3.05, 3.63) is 51.0 Å². The highest BCUT2D eigenvalue weighted by atomic mass is 32.1. The summed E-state index contributed by atoms with van der Waals surface area (Å²) < 4.78 is 0. The minimum Gasteiger partial charge on any atom is -0.335 e. The maximum Gasteiger partial charge on any atom is 0.253 e. The van der Waals surface area contributed by atoms with Gasteiger partial charge in [-0.15, -0.1) is 11.3 Å². The van der Waals surface area contributed by atoms with E-state index in [4.69, 9.17) is 4.98 Å². The quantitative estimate of drug-likeness (QED) is 0.878. The predicted octanol–water partition coefficient (Wildman–Crippen LogP) is 3.45. The highest BCUT2D eigenvalue weighted by molar-refractivity contribution is 7.11. The molecule has 1 aromatic carbocycles. The third kappa shape index (κ3) is 3.99. The molecule has 0 bridgehead atoms. The summed E-state index contributed by atoms with van der Waals surface area (Å²) in [6, 6.07) is 8.18. The molecular weight excluding hydrogens is 342 g/mol. The average molecular weight is 370 g/mol. The zero-order valence-corrected chi connectivity index (χ0v) is 16.3. The van der Waals surface area contributed by atoms with E-state index in [9.17, 15) is 4.79 Å². The monoisotopic (exact) mass is 369 g/mol. The largest absolute Gasteiger partial charge is 0.335 e. The second-order valence-electron chi connectivity index (χ2n) is 7.61. The number of carbonyl (C=O) groups is 1. The van der Waals surface area contributed by atoms with Crippen LogP contribution in [0.2, 0.25) is 0 Å². The molecule has 0 radical (unpaired) electrons. The summed E-state index contributed by atoms with van der Waals surface area (Å²) in [5.41, 5.74) is 3.36. The fourth-order valence-electron chi connectivity index (χ4n) is 3.97. The van der Waals surface area contributed by atoms with Crippen molar-refractivity contribution in [1.82, 2.24) is 15.2 Å². The molecule has 2 aromatic rings. The number of nitrogens with one attached hydrogen (secondary N) is 1. The Morgan fingerprint density at radius 1 is 1.27 bits per heavy atom. The van der Waals surface area contributed by atoms with Crippen LogP contribution in [0.25, 0.3) is 0 Å². The fraction of sp³-hybridized carbons (Fsp3) is 0.524. The lowest BCUT2D eigenvalue weighted by molar-refractivity contribution is 0.0785. The van der Waals surface area contributed by atoms with Gasteiger partial charge in [0.05, 0.1) is 12.2 Å². The number of benzene rings is 1. The predicted molar refractivity (Wildman–Crippen MR) is 106 cm³/mol. The lowest BCUT2D eigenvalue weighted by Gasteiger charge is -2.16. The van der Waals surface area contributed by atoms with Crippen LogP contribution >= 0.6 is 11.3 Å². The van der Waals surface area contributed by atoms with E-state index in [0.717, 1.165) is 48.8 Å². The van der Waals surface area contributed by atoms with Crippen molar-refractivity contribution >= 4 is 17.2 Å². The number of aromatic nitrogens is 1. The van der Waals surface area contributed by atoms with Gasteiger partial charge in [0.15, 0.2) is 0 Å². The van der Waals surface area contributed by atoms with Crippen LogP contribution in [-0.4, -0.2) is 35.9 Å². The van der Waals surface area contributed by atoms with Crippen molar-refractivity contribution < 1.29 is 4.79 Å². The molecule has 1 aromatic heterocycles. The third-order valence-electron chi connectivity index (χ3n) is 5.50. The van der Waals surface area contributed by atoms with Gasteiger partial charge in [-0.3, -0.25) is 4.79 Å². The van der Waals surface area contributed by atoms with Crippen LogP contribution < -0.4 is 5.32 Å². The molecule has 1 atom stereocenters. The molecule has 1 saturated heterocycles. The number of thiazole rings is 1. The molecule has 1 fully saturated rings. The van der Waals surface area contributed by atoms with Gasteiger partial charge in [0.2, 0.25) is 0 Å². The first-order valence-electron chi connectivity index (χ1n) is 9.71. The van der Waals surface area contributed by atoms with Crippen molar-refractivity contribution in [2.75, 3.05) is 20.1 Å². The van der Waals surface area contributed by atoms with Crippen LogP contribution in [0.15, 0.2) is 24.3 Å². The highest BCUT2D eigenvalue weighted by Gasteiger charge is 2.19. The Labute approximate surface area is 159 Å². The molecule has 0 saturated carbocycles. The average Bonchev–Trinajstić information content (AvgIpc) is 3.30. The summed E-state index contributed by atoms with van der Waals surface area (Å²) in [5, 5.41) is 4.48. The highest BCUT2D eigenvalue weighted by Crippen LogP contribution is 2.27. The van der Waals surface area contributed by atoms with E-state index >= 15 is 0 Å². The zero-order valence-electron chi connectivity index (χ0n) is 15.5. The first-order valence-corrected chi connectivity index (χ1v) is 10.5. The van der Waals surface area contributed by atoms with Gasteiger partial charge in [-0.1, -0.05) is 12.1 Å². The minimum atomic E-state index is 0.0762. The molecule has 2 heterocycles. The van der Waals surface area contributed by atoms with Crippen LogP contribution in [0.1, 0.15) is 50.8 Å². The van der Waals surface area contributed by atoms with Crippen LogP contribution in [0.4, 0.5) is 0 Å². The van der Waals surface area contributed by atoms with E-state index in [1.165, 1.54) is 35.4 Å². The maximum absolute atomic E-state index is 12.7. The van der Waals surface area contributed by atoms with Gasteiger partial charge in [0.25, 0.3) is 5.91 Å². The molecule has 2 aliphatic rings. The number of hydrogen-bond donors (Lipinski definition) is 1. The molecule has 1 unspecified atom stereocenters. The topological polar surface area (TPSA) is 45.2 Å². The van der Waals surface area contributed by atoms with E-state index < -0.39 is 0 Å². The summed E-state index contributed by atoms with van der Waals surface area (Å²) >= 11 is 1.79. The fourth-order valence-corrected chi connectivity index (χ4v) is 5.18. The maximum atomic E-state index is 12.7. The van der Waals surface area contributed by atoms with Gasteiger partial charge in [0, 0.05) is 17.5 Å². The summed E-state index contributed by atoms with van der Waals surface area (Å²) in [6.45, 7) is 2.85. The second-order valence-corrected chi connectivity index (χ2v) is 8.77. The summed E-state index contributed by atoms with van der Waals surface area (Å²) in [5.74, 6) is 0.808. The Hall–Kier alpha value is -1.72. The number of rotatable bonds is 5. The molecule has 1 aliphatic heterocycles. The van der Waals surface area contributed by atoms with E-state index in [0.29, 0.717) is 6.54 Å². The molecule has 0 spiro atoms. The van der Waals surface area contributed by atoms with Gasteiger partial charge in [0.1, 0.15) is 5.01 Å². The van der Waals surface area contributed by atoms with Gasteiger partial charge >= 0.3 is 0 Å². The summed E-state index contributed by atoms with van der Waals surface area (Å²) in [6.07, 6.45) is 7.12. The Bertz CT molecular complexity index is 739. The first-order chi connectivity index (χ1) is 12.7. The van der Waals surface area contributed by atoms with E-state index in [-0.39, 0.29) is 5.91 Å². The lowest BCUT2D eigenvalue weighted by Crippen LogP contribution is -2.26. The van der Waals surface area contributed by atoms with Gasteiger partial charge in [-0.25, -0.2) is 4.98 Å². The van der Waals surface area contributed by atoms with Crippen molar-refractivity contribution in [1.29, 1.82) is 0 Å². The van der Waals surface area contributed by atoms with E-state index in [1.807, 2.05) is 19.2 Å². The van der Waals surface area contributed by atoms with Gasteiger partial charge in [-0.2, -0.15) is 0 Å². The number of aryl methyl sites for hydroxylation is 2. The van der Waals surface area contributed by atoms with Crippen molar-refractivity contribution in [3.8, 4) is 0 Å². The summed E-state index contributed by atoms with van der Waals surface area (Å²) in [7, 11) is 1.88. The van der Waals surface area contributed by atoms with Crippen LogP contribution in [0, 0.1) is 5.92 Å². The smallest absolute Gasteiger partial charge is 0.253 e. The second kappa shape index (κ2) is 7.89. The van der Waals surface area contributed by atoms with Crippen LogP contribution in [0.5, 0.6) is 0 Å². The molecule has 1 aliphatic carbocycles. The summed E-state index contributed by atoms with van der Waals surface area (Å²) in [4.78, 5) is 20.7. The molecule has 138 valence electrons. The Kier molecular flexibility index (Phi) is 5.36. The van der Waals surface area contributed by atoms with Crippen LogP contribution in [-0.2, 0) is 25.8 Å². The van der Waals surface area contributed by atoms with Crippen molar-refractivity contribution in [2.45, 2.75) is 45.1 Å². The van der Waals surface area contributed by atoms with Gasteiger partial charge < -0.3 is 10.2 Å². The Morgan fingerprint density at radius 3 is 2.81 bits per heavy atom. The van der Waals surface area contributed by atoms with Crippen molar-refractivity contribution in [2.24, 2.45) is 5.92 Å². The molecule has 1 N–H and O–H groups in total. The lowest BCUT2D eigenvalue weighted by atomic mass is 9.98. The number of hydrogen-bond acceptors (Lipinski definition) is 4. The molecule has 1 amide bonds. The molecule has 4 rings (SSSR count). The molecular formula is C21H27N3OS. The number of carbonyl (C=O) groups excluding carboxylic acids is 1. The number of nitrogens with zero attached hydrogens (tertiary/aromatic N) is 2. The van der Waals surface area contributed by atoms with Crippen LogP contribution in [0.3, 0.4) is 0 Å². The minimum absolute atomic E-state index is 0.0762. The third-order valence-corrected chi connectivity index (χ3v) is 6.64. The molecule has 4 nitrogen and oxygen atoms in total.